The maximum atomic E-state index is 12.8. The van der Waals surface area contributed by atoms with Crippen molar-refractivity contribution in [2.24, 2.45) is 5.92 Å². The number of hydrogen-bond donors (Lipinski definition) is 2. The zero-order valence-corrected chi connectivity index (χ0v) is 17.9. The number of benzene rings is 1. The predicted octanol–water partition coefficient (Wildman–Crippen LogP) is 1.09. The van der Waals surface area contributed by atoms with Gasteiger partial charge < -0.3 is 10.1 Å². The largest absolute Gasteiger partial charge is 0.469 e. The van der Waals surface area contributed by atoms with Crippen molar-refractivity contribution in [2.75, 3.05) is 26.7 Å². The summed E-state index contributed by atoms with van der Waals surface area (Å²) in [5.41, 5.74) is 2.35. The highest BCUT2D eigenvalue weighted by atomic mass is 16.5. The number of amides is 4. The van der Waals surface area contributed by atoms with Crippen LogP contribution in [0.1, 0.15) is 32.8 Å². The molecule has 1 saturated heterocycles. The van der Waals surface area contributed by atoms with Crippen LogP contribution < -0.4 is 10.7 Å². The van der Waals surface area contributed by atoms with Gasteiger partial charge in [0.15, 0.2) is 0 Å². The van der Waals surface area contributed by atoms with Crippen LogP contribution in [-0.2, 0) is 25.5 Å². The van der Waals surface area contributed by atoms with Crippen LogP contribution >= 0.6 is 0 Å². The molecule has 2 unspecified atom stereocenters. The first-order valence-corrected chi connectivity index (χ1v) is 10.0. The van der Waals surface area contributed by atoms with Crippen molar-refractivity contribution in [3.8, 4) is 0 Å². The molecule has 0 radical (unpaired) electrons. The van der Waals surface area contributed by atoms with E-state index in [1.807, 2.05) is 37.3 Å². The number of urea groups is 1. The van der Waals surface area contributed by atoms with Gasteiger partial charge in [-0.05, 0) is 31.9 Å². The number of ether oxygens (including phenoxy) is 1. The number of likely N-dealkylation sites (N-methyl/N-ethyl adjacent to an activating group) is 1. The number of nitrogens with zero attached hydrogens (tertiary/aromatic N) is 2. The van der Waals surface area contributed by atoms with Gasteiger partial charge in [0.1, 0.15) is 5.54 Å². The molecule has 0 bridgehead atoms. The highest BCUT2D eigenvalue weighted by Gasteiger charge is 2.48. The molecule has 1 fully saturated rings. The number of carbonyl (C=O) groups is 4. The minimum atomic E-state index is -1.09. The molecule has 0 saturated carbocycles. The van der Waals surface area contributed by atoms with E-state index in [-0.39, 0.29) is 12.5 Å². The average molecular weight is 418 g/mol. The van der Waals surface area contributed by atoms with Gasteiger partial charge >= 0.3 is 12.0 Å². The summed E-state index contributed by atoms with van der Waals surface area (Å²) < 4.78 is 4.70. The van der Waals surface area contributed by atoms with Crippen LogP contribution in [0.5, 0.6) is 0 Å². The number of aryl methyl sites for hydroxylation is 1. The minimum Gasteiger partial charge on any atom is -0.469 e. The Morgan fingerprint density at radius 3 is 2.53 bits per heavy atom. The molecule has 164 valence electrons. The highest BCUT2D eigenvalue weighted by molar-refractivity contribution is 6.07. The van der Waals surface area contributed by atoms with Gasteiger partial charge in [0, 0.05) is 6.54 Å². The Labute approximate surface area is 176 Å². The quantitative estimate of drug-likeness (QED) is 0.435. The molecule has 2 atom stereocenters. The second kappa shape index (κ2) is 10.2. The van der Waals surface area contributed by atoms with Gasteiger partial charge in [-0.25, -0.2) is 4.79 Å². The molecule has 0 aromatic heterocycles. The Kier molecular flexibility index (Phi) is 7.93. The third kappa shape index (κ3) is 5.79. The summed E-state index contributed by atoms with van der Waals surface area (Å²) in [6, 6.07) is 9.00. The summed E-state index contributed by atoms with van der Waals surface area (Å²) >= 11 is 0. The van der Waals surface area contributed by atoms with E-state index in [4.69, 9.17) is 4.74 Å². The van der Waals surface area contributed by atoms with E-state index in [1.165, 1.54) is 7.11 Å². The lowest BCUT2D eigenvalue weighted by Crippen LogP contribution is -2.51. The van der Waals surface area contributed by atoms with Crippen LogP contribution in [0.25, 0.3) is 0 Å². The standard InChI is InChI=1S/C21H30N4O5/c1-5-24(13-15(2)18(27)30-4)14-17(26)23-25-19(28)21(3,22-20(25)29)12-11-16-9-7-6-8-10-16/h6-10,15H,5,11-14H2,1-4H3,(H,22,29)(H,23,26). The molecule has 2 N–H and O–H groups in total. The van der Waals surface area contributed by atoms with Crippen molar-refractivity contribution in [3.05, 3.63) is 35.9 Å². The van der Waals surface area contributed by atoms with Gasteiger partial charge in [0.25, 0.3) is 11.8 Å². The van der Waals surface area contributed by atoms with E-state index in [1.54, 1.807) is 18.7 Å². The van der Waals surface area contributed by atoms with Crippen LogP contribution in [0.15, 0.2) is 30.3 Å². The van der Waals surface area contributed by atoms with Crippen LogP contribution in [0, 0.1) is 5.92 Å². The summed E-state index contributed by atoms with van der Waals surface area (Å²) in [6.07, 6.45) is 1.02. The lowest BCUT2D eigenvalue weighted by molar-refractivity contribution is -0.146. The maximum Gasteiger partial charge on any atom is 0.344 e. The third-order valence-corrected chi connectivity index (χ3v) is 5.20. The molecule has 30 heavy (non-hydrogen) atoms. The van der Waals surface area contributed by atoms with Crippen molar-refractivity contribution in [1.82, 2.24) is 20.7 Å². The molecule has 4 amide bonds. The smallest absolute Gasteiger partial charge is 0.344 e. The van der Waals surface area contributed by atoms with E-state index >= 15 is 0 Å². The molecule has 2 rings (SSSR count). The number of hydrogen-bond acceptors (Lipinski definition) is 6. The fourth-order valence-corrected chi connectivity index (χ4v) is 3.33. The summed E-state index contributed by atoms with van der Waals surface area (Å²) in [5.74, 6) is -1.77. The first-order valence-electron chi connectivity index (χ1n) is 10.0. The summed E-state index contributed by atoms with van der Waals surface area (Å²) in [6.45, 7) is 6.00. The Bertz CT molecular complexity index is 785. The number of rotatable bonds is 10. The first kappa shape index (κ1) is 23.3. The molecular weight excluding hydrogens is 388 g/mol. The molecule has 1 aliphatic rings. The number of nitrogens with one attached hydrogen (secondary N) is 2. The number of esters is 1. The fourth-order valence-electron chi connectivity index (χ4n) is 3.33. The van der Waals surface area contributed by atoms with Crippen molar-refractivity contribution in [1.29, 1.82) is 0 Å². The van der Waals surface area contributed by atoms with Gasteiger partial charge in [-0.2, -0.15) is 5.01 Å². The Balaban J connectivity index is 1.93. The monoisotopic (exact) mass is 418 g/mol. The summed E-state index contributed by atoms with van der Waals surface area (Å²) in [5, 5.41) is 3.42. The van der Waals surface area contributed by atoms with Gasteiger partial charge in [0.2, 0.25) is 0 Å². The molecule has 1 aromatic carbocycles. The van der Waals surface area contributed by atoms with Crippen molar-refractivity contribution >= 4 is 23.8 Å². The zero-order valence-electron chi connectivity index (χ0n) is 17.9. The highest BCUT2D eigenvalue weighted by Crippen LogP contribution is 2.22. The SMILES string of the molecule is CCN(CC(=O)NN1C(=O)NC(C)(CCc2ccccc2)C1=O)CC(C)C(=O)OC. The van der Waals surface area contributed by atoms with Gasteiger partial charge in [0.05, 0.1) is 19.6 Å². The average Bonchev–Trinajstić information content (AvgIpc) is 2.95. The molecule has 0 aliphatic carbocycles. The van der Waals surface area contributed by atoms with E-state index in [2.05, 4.69) is 10.7 Å². The number of imide groups is 1. The normalized spacial score (nSPS) is 19.6. The van der Waals surface area contributed by atoms with Gasteiger partial charge in [-0.3, -0.25) is 24.7 Å². The Morgan fingerprint density at radius 1 is 1.27 bits per heavy atom. The molecule has 1 heterocycles. The Hall–Kier alpha value is -2.94. The maximum absolute atomic E-state index is 12.8. The van der Waals surface area contributed by atoms with E-state index < -0.39 is 29.3 Å². The molecule has 1 aromatic rings. The molecule has 9 nitrogen and oxygen atoms in total. The van der Waals surface area contributed by atoms with Crippen LogP contribution in [0.2, 0.25) is 0 Å². The topological polar surface area (TPSA) is 108 Å². The van der Waals surface area contributed by atoms with Crippen LogP contribution in [0.3, 0.4) is 0 Å². The van der Waals surface area contributed by atoms with Gasteiger partial charge in [-0.15, -0.1) is 0 Å². The third-order valence-electron chi connectivity index (χ3n) is 5.20. The second-order valence-corrected chi connectivity index (χ2v) is 7.68. The number of methoxy groups -OCH3 is 1. The molecule has 0 spiro atoms. The zero-order chi connectivity index (χ0) is 22.3. The van der Waals surface area contributed by atoms with Crippen molar-refractivity contribution < 1.29 is 23.9 Å². The van der Waals surface area contributed by atoms with E-state index in [9.17, 15) is 19.2 Å². The number of hydrazine groups is 1. The molecule has 1 aliphatic heterocycles. The Morgan fingerprint density at radius 2 is 1.93 bits per heavy atom. The molecule has 9 heteroatoms. The lowest BCUT2D eigenvalue weighted by atomic mass is 9.93. The van der Waals surface area contributed by atoms with E-state index in [0.717, 1.165) is 10.6 Å². The van der Waals surface area contributed by atoms with Gasteiger partial charge in [-0.1, -0.05) is 44.2 Å². The fraction of sp³-hybridized carbons (Fsp3) is 0.524. The lowest BCUT2D eigenvalue weighted by Gasteiger charge is -2.24. The number of carbonyl (C=O) groups excluding carboxylic acids is 4. The summed E-state index contributed by atoms with van der Waals surface area (Å²) in [4.78, 5) is 50.9. The second-order valence-electron chi connectivity index (χ2n) is 7.68. The van der Waals surface area contributed by atoms with Crippen LogP contribution in [0.4, 0.5) is 4.79 Å². The minimum absolute atomic E-state index is 0.0599. The first-order chi connectivity index (χ1) is 14.2. The van der Waals surface area contributed by atoms with Crippen molar-refractivity contribution in [2.45, 2.75) is 39.2 Å². The predicted molar refractivity (Wildman–Crippen MR) is 110 cm³/mol. The molecular formula is C21H30N4O5. The van der Waals surface area contributed by atoms with Crippen molar-refractivity contribution in [3.63, 3.8) is 0 Å². The van der Waals surface area contributed by atoms with E-state index in [0.29, 0.717) is 25.9 Å². The van der Waals surface area contributed by atoms with Crippen LogP contribution in [-0.4, -0.2) is 66.0 Å². The summed E-state index contributed by atoms with van der Waals surface area (Å²) in [7, 11) is 1.31.